The van der Waals surface area contributed by atoms with Gasteiger partial charge >= 0.3 is 6.09 Å². The number of methoxy groups -OCH3 is 1. The summed E-state index contributed by atoms with van der Waals surface area (Å²) in [4.78, 5) is 24.2. The maximum absolute atomic E-state index is 14.8. The lowest BCUT2D eigenvalue weighted by atomic mass is 10.2. The zero-order valence-corrected chi connectivity index (χ0v) is 16.7. The van der Waals surface area contributed by atoms with E-state index >= 15 is 0 Å². The Bertz CT molecular complexity index is 1340. The van der Waals surface area contributed by atoms with E-state index in [0.29, 0.717) is 11.4 Å². The van der Waals surface area contributed by atoms with E-state index in [0.717, 1.165) is 6.07 Å². The van der Waals surface area contributed by atoms with Gasteiger partial charge in [0, 0.05) is 6.07 Å². The summed E-state index contributed by atoms with van der Waals surface area (Å²) in [6.07, 6.45) is 1.85. The molecule has 0 spiro atoms. The molecule has 0 bridgehead atoms. The van der Waals surface area contributed by atoms with Crippen molar-refractivity contribution >= 4 is 6.09 Å². The van der Waals surface area contributed by atoms with Crippen molar-refractivity contribution in [1.29, 1.82) is 0 Å². The normalized spacial score (nSPS) is 10.6. The Morgan fingerprint density at radius 3 is 2.62 bits per heavy atom. The Morgan fingerprint density at radius 2 is 1.94 bits per heavy atom. The molecule has 0 atom stereocenters. The number of carbonyl (C=O) groups is 1. The van der Waals surface area contributed by atoms with Crippen LogP contribution in [0, 0.1) is 5.82 Å². The molecule has 2 aromatic heterocycles. The molecule has 0 saturated heterocycles. The maximum atomic E-state index is 14.8. The smallest absolute Gasteiger partial charge is 0.426 e. The minimum Gasteiger partial charge on any atom is -0.491 e. The Morgan fingerprint density at radius 1 is 1.16 bits per heavy atom. The summed E-state index contributed by atoms with van der Waals surface area (Å²) < 4.78 is 27.5. The molecule has 11 heteroatoms. The topological polar surface area (TPSA) is 126 Å². The van der Waals surface area contributed by atoms with Gasteiger partial charge in [0.15, 0.2) is 17.3 Å². The van der Waals surface area contributed by atoms with Crippen LogP contribution >= 0.6 is 0 Å². The van der Waals surface area contributed by atoms with Gasteiger partial charge in [0.1, 0.15) is 11.4 Å². The summed E-state index contributed by atoms with van der Waals surface area (Å²) in [5, 5.41) is 8.61. The Balaban J connectivity index is 1.83. The highest BCUT2D eigenvalue weighted by molar-refractivity contribution is 5.69. The minimum absolute atomic E-state index is 0.00386. The first kappa shape index (κ1) is 20.8. The van der Waals surface area contributed by atoms with Crippen molar-refractivity contribution in [2.24, 2.45) is 5.84 Å². The summed E-state index contributed by atoms with van der Waals surface area (Å²) >= 11 is 0. The number of amides is 1. The highest BCUT2D eigenvalue weighted by atomic mass is 19.1. The molecule has 2 aromatic carbocycles. The number of nitrogens with two attached hydrogens (primary N) is 1. The van der Waals surface area contributed by atoms with E-state index < -0.39 is 17.3 Å². The second-order valence-electron chi connectivity index (χ2n) is 6.43. The molecule has 0 radical (unpaired) electrons. The van der Waals surface area contributed by atoms with E-state index in [1.54, 1.807) is 16.2 Å². The lowest BCUT2D eigenvalue weighted by Gasteiger charge is -2.13. The number of hydrogen-bond donors (Lipinski definition) is 2. The first-order chi connectivity index (χ1) is 15.5. The van der Waals surface area contributed by atoms with Gasteiger partial charge < -0.3 is 9.47 Å². The summed E-state index contributed by atoms with van der Waals surface area (Å²) in [6.45, 7) is 0. The largest absolute Gasteiger partial charge is 0.491 e. The summed E-state index contributed by atoms with van der Waals surface area (Å²) in [5.41, 5.74) is 2.41. The van der Waals surface area contributed by atoms with Gasteiger partial charge in [-0.25, -0.2) is 24.4 Å². The number of hydrazine groups is 1. The molecule has 10 nitrogen and oxygen atoms in total. The highest BCUT2D eigenvalue weighted by Gasteiger charge is 2.19. The third-order valence-corrected chi connectivity index (χ3v) is 4.49. The van der Waals surface area contributed by atoms with Crippen molar-refractivity contribution in [1.82, 2.24) is 25.0 Å². The van der Waals surface area contributed by atoms with Crippen LogP contribution in [-0.4, -0.2) is 32.8 Å². The van der Waals surface area contributed by atoms with Crippen molar-refractivity contribution < 1.29 is 18.7 Å². The number of benzene rings is 2. The molecular weight excluding hydrogens is 419 g/mol. The van der Waals surface area contributed by atoms with Crippen LogP contribution in [0.1, 0.15) is 0 Å². The first-order valence-electron chi connectivity index (χ1n) is 9.28. The Kier molecular flexibility index (Phi) is 5.64. The molecule has 0 aliphatic carbocycles. The van der Waals surface area contributed by atoms with E-state index in [4.69, 9.17) is 15.3 Å². The Hall–Kier alpha value is -4.51. The van der Waals surface area contributed by atoms with Crippen molar-refractivity contribution in [3.63, 3.8) is 0 Å². The van der Waals surface area contributed by atoms with Crippen molar-refractivity contribution in [2.75, 3.05) is 7.11 Å². The van der Waals surface area contributed by atoms with Crippen LogP contribution in [0.5, 0.6) is 11.5 Å². The molecule has 2 heterocycles. The van der Waals surface area contributed by atoms with E-state index in [1.807, 2.05) is 30.3 Å². The molecule has 0 fully saturated rings. The van der Waals surface area contributed by atoms with E-state index in [-0.39, 0.29) is 22.9 Å². The van der Waals surface area contributed by atoms with Crippen LogP contribution in [-0.2, 0) is 0 Å². The molecular formula is C21H17FN6O4. The number of carbonyl (C=O) groups excluding carboxylic acids is 1. The zero-order valence-electron chi connectivity index (χ0n) is 16.7. The maximum Gasteiger partial charge on any atom is 0.426 e. The number of nitrogens with zero attached hydrogens (tertiary/aromatic N) is 4. The zero-order chi connectivity index (χ0) is 22.7. The minimum atomic E-state index is -0.947. The lowest BCUT2D eigenvalue weighted by Crippen LogP contribution is -2.32. The average molecular weight is 436 g/mol. The summed E-state index contributed by atoms with van der Waals surface area (Å²) in [7, 11) is 1.33. The van der Waals surface area contributed by atoms with Gasteiger partial charge in [-0.15, -0.1) is 0 Å². The van der Waals surface area contributed by atoms with Gasteiger partial charge in [0.2, 0.25) is 0 Å². The van der Waals surface area contributed by atoms with Gasteiger partial charge in [-0.05, 0) is 30.3 Å². The number of para-hydroxylation sites is 1. The fourth-order valence-corrected chi connectivity index (χ4v) is 3.04. The average Bonchev–Trinajstić information content (AvgIpc) is 3.30. The standard InChI is InChI=1S/C21H17FN6O4/c1-31-18-12-27(16-8-7-14(11-15(16)22)32-21(30)25-23)26-19(20(18)29)17-9-10-24-28(17)13-5-3-2-4-6-13/h2-12H,23H2,1H3,(H,25,30). The number of ether oxygens (including phenoxy) is 2. The number of halogens is 1. The molecule has 0 unspecified atom stereocenters. The predicted molar refractivity (Wildman–Crippen MR) is 112 cm³/mol. The fraction of sp³-hybridized carbons (Fsp3) is 0.0476. The molecule has 4 rings (SSSR count). The molecule has 3 N–H and O–H groups in total. The predicted octanol–water partition coefficient (Wildman–Crippen LogP) is 2.19. The highest BCUT2D eigenvalue weighted by Crippen LogP contribution is 2.23. The van der Waals surface area contributed by atoms with Gasteiger partial charge in [-0.2, -0.15) is 10.2 Å². The molecule has 162 valence electrons. The number of aromatic nitrogens is 4. The lowest BCUT2D eigenvalue weighted by molar-refractivity contribution is 0.200. The van der Waals surface area contributed by atoms with E-state index in [1.165, 1.54) is 36.3 Å². The van der Waals surface area contributed by atoms with E-state index in [2.05, 4.69) is 10.2 Å². The fourth-order valence-electron chi connectivity index (χ4n) is 3.04. The van der Waals surface area contributed by atoms with Gasteiger partial charge in [-0.3, -0.25) is 10.2 Å². The monoisotopic (exact) mass is 436 g/mol. The SMILES string of the molecule is COc1cn(-c2ccc(OC(=O)NN)cc2F)nc(-c2ccnn2-c2ccccc2)c1=O. The van der Waals surface area contributed by atoms with Crippen molar-refractivity contribution in [3.05, 3.63) is 83.0 Å². The van der Waals surface area contributed by atoms with Crippen LogP contribution in [0.25, 0.3) is 22.8 Å². The second kappa shape index (κ2) is 8.70. The van der Waals surface area contributed by atoms with Crippen molar-refractivity contribution in [2.45, 2.75) is 0 Å². The van der Waals surface area contributed by atoms with Crippen LogP contribution in [0.2, 0.25) is 0 Å². The quantitative estimate of drug-likeness (QED) is 0.279. The summed E-state index contributed by atoms with van der Waals surface area (Å²) in [6, 6.07) is 14.5. The van der Waals surface area contributed by atoms with E-state index in [9.17, 15) is 14.0 Å². The van der Waals surface area contributed by atoms with Crippen LogP contribution in [0.3, 0.4) is 0 Å². The first-order valence-corrected chi connectivity index (χ1v) is 9.28. The van der Waals surface area contributed by atoms with Gasteiger partial charge in [0.05, 0.1) is 30.9 Å². The number of hydrogen-bond acceptors (Lipinski definition) is 7. The number of nitrogens with one attached hydrogen (secondary N) is 1. The molecule has 0 aliphatic rings. The molecule has 1 amide bonds. The Labute approximate surface area is 180 Å². The van der Waals surface area contributed by atoms with Gasteiger partial charge in [-0.1, -0.05) is 18.2 Å². The number of rotatable bonds is 5. The molecule has 32 heavy (non-hydrogen) atoms. The van der Waals surface area contributed by atoms with Crippen LogP contribution < -0.4 is 26.2 Å². The third kappa shape index (κ3) is 3.91. The van der Waals surface area contributed by atoms with Crippen LogP contribution in [0.15, 0.2) is 71.8 Å². The molecule has 4 aromatic rings. The van der Waals surface area contributed by atoms with Gasteiger partial charge in [0.25, 0.3) is 5.43 Å². The molecule has 0 aliphatic heterocycles. The second-order valence-corrected chi connectivity index (χ2v) is 6.43. The third-order valence-electron chi connectivity index (χ3n) is 4.49. The summed E-state index contributed by atoms with van der Waals surface area (Å²) in [5.74, 6) is 4.09. The van der Waals surface area contributed by atoms with Crippen molar-refractivity contribution in [3.8, 4) is 34.3 Å². The molecule has 0 saturated carbocycles. The van der Waals surface area contributed by atoms with Crippen LogP contribution in [0.4, 0.5) is 9.18 Å².